The van der Waals surface area contributed by atoms with Gasteiger partial charge in [-0.3, -0.25) is 0 Å². The Morgan fingerprint density at radius 1 is 1.50 bits per heavy atom. The lowest BCUT2D eigenvalue weighted by molar-refractivity contribution is 0.195. The smallest absolute Gasteiger partial charge is 0.121 e. The van der Waals surface area contributed by atoms with Crippen LogP contribution in [0.2, 0.25) is 0 Å². The van der Waals surface area contributed by atoms with Gasteiger partial charge in [-0.25, -0.2) is 0 Å². The molecule has 1 aliphatic heterocycles. The van der Waals surface area contributed by atoms with Crippen LogP contribution in [0.15, 0.2) is 12.1 Å². The summed E-state index contributed by atoms with van der Waals surface area (Å²) in [5.74, 6) is 0.189. The van der Waals surface area contributed by atoms with E-state index in [1.807, 2.05) is 6.07 Å². The quantitative estimate of drug-likeness (QED) is 0.596. The van der Waals surface area contributed by atoms with Gasteiger partial charge in [0.1, 0.15) is 5.75 Å². The highest BCUT2D eigenvalue weighted by Crippen LogP contribution is 2.34. The summed E-state index contributed by atoms with van der Waals surface area (Å²) in [6.45, 7) is 3.75. The molecule has 0 saturated carbocycles. The molecule has 3 N–H and O–H groups in total. The fraction of sp³-hybridized carbons (Fsp3) is 0.455. The molecule has 1 aromatic rings. The van der Waals surface area contributed by atoms with Crippen LogP contribution in [0.1, 0.15) is 31.1 Å². The highest BCUT2D eigenvalue weighted by Gasteiger charge is 2.20. The maximum absolute atomic E-state index is 9.64. The van der Waals surface area contributed by atoms with Gasteiger partial charge in [0.15, 0.2) is 0 Å². The van der Waals surface area contributed by atoms with Crippen molar-refractivity contribution in [1.29, 1.82) is 0 Å². The van der Waals surface area contributed by atoms with Crippen LogP contribution >= 0.6 is 0 Å². The first-order valence-electron chi connectivity index (χ1n) is 4.88. The number of anilines is 1. The molecule has 0 amide bonds. The van der Waals surface area contributed by atoms with Gasteiger partial charge in [0.25, 0.3) is 0 Å². The number of hydrogen-bond donors (Lipinski definition) is 3. The molecule has 76 valence electrons. The fourth-order valence-corrected chi connectivity index (χ4v) is 1.93. The minimum absolute atomic E-state index is 0.189. The van der Waals surface area contributed by atoms with Gasteiger partial charge in [-0.05, 0) is 38.0 Å². The van der Waals surface area contributed by atoms with E-state index in [-0.39, 0.29) is 5.75 Å². The number of fused-ring (bicyclic) bond motifs is 1. The van der Waals surface area contributed by atoms with Crippen LogP contribution < -0.4 is 5.32 Å². The Bertz CT molecular complexity index is 361. The highest BCUT2D eigenvalue weighted by atomic mass is 16.3. The molecule has 0 aromatic heterocycles. The predicted octanol–water partition coefficient (Wildman–Crippen LogP) is 1.80. The number of aliphatic hydroxyl groups is 1. The second-order valence-electron chi connectivity index (χ2n) is 3.99. The molecule has 2 unspecified atom stereocenters. The normalized spacial score (nSPS) is 21.5. The van der Waals surface area contributed by atoms with Crippen molar-refractivity contribution >= 4 is 5.69 Å². The summed E-state index contributed by atoms with van der Waals surface area (Å²) in [6, 6.07) is 3.99. The Morgan fingerprint density at radius 2 is 2.21 bits per heavy atom. The molecule has 3 nitrogen and oxygen atoms in total. The van der Waals surface area contributed by atoms with Crippen molar-refractivity contribution in [2.24, 2.45) is 0 Å². The van der Waals surface area contributed by atoms with E-state index in [0.29, 0.717) is 11.6 Å². The molecule has 0 aliphatic carbocycles. The molecule has 2 atom stereocenters. The summed E-state index contributed by atoms with van der Waals surface area (Å²) in [5, 5.41) is 22.4. The van der Waals surface area contributed by atoms with E-state index in [2.05, 4.69) is 12.2 Å². The molecule has 1 aromatic carbocycles. The van der Waals surface area contributed by atoms with Gasteiger partial charge < -0.3 is 15.5 Å². The molecule has 3 heteroatoms. The summed E-state index contributed by atoms with van der Waals surface area (Å²) in [4.78, 5) is 0. The Kier molecular flexibility index (Phi) is 2.11. The summed E-state index contributed by atoms with van der Waals surface area (Å²) in [7, 11) is 0. The van der Waals surface area contributed by atoms with Gasteiger partial charge >= 0.3 is 0 Å². The summed E-state index contributed by atoms with van der Waals surface area (Å²) >= 11 is 0. The van der Waals surface area contributed by atoms with Crippen molar-refractivity contribution in [1.82, 2.24) is 0 Å². The maximum Gasteiger partial charge on any atom is 0.121 e. The lowest BCUT2D eigenvalue weighted by atomic mass is 10.0. The second-order valence-corrected chi connectivity index (χ2v) is 3.99. The van der Waals surface area contributed by atoms with Crippen LogP contribution in [0.25, 0.3) is 0 Å². The van der Waals surface area contributed by atoms with Crippen molar-refractivity contribution in [3.63, 3.8) is 0 Å². The van der Waals surface area contributed by atoms with E-state index in [1.165, 1.54) is 0 Å². The zero-order valence-electron chi connectivity index (χ0n) is 8.41. The Balaban J connectivity index is 2.45. The Morgan fingerprint density at radius 3 is 2.86 bits per heavy atom. The molecule has 0 spiro atoms. The SMILES string of the molecule is CC1Cc2cc(O)c(C(C)O)cc2N1. The first-order valence-corrected chi connectivity index (χ1v) is 4.88. The molecule has 0 bridgehead atoms. The zero-order chi connectivity index (χ0) is 10.3. The summed E-state index contributed by atoms with van der Waals surface area (Å²) in [6.07, 6.45) is 0.307. The monoisotopic (exact) mass is 193 g/mol. The molecular weight excluding hydrogens is 178 g/mol. The van der Waals surface area contributed by atoms with E-state index in [1.54, 1.807) is 13.0 Å². The number of phenols is 1. The average Bonchev–Trinajstić information content (AvgIpc) is 2.42. The number of aliphatic hydroxyl groups excluding tert-OH is 1. The van der Waals surface area contributed by atoms with Gasteiger partial charge in [0.2, 0.25) is 0 Å². The van der Waals surface area contributed by atoms with Crippen LogP contribution in [-0.4, -0.2) is 16.3 Å². The number of benzene rings is 1. The van der Waals surface area contributed by atoms with Crippen LogP contribution in [0, 0.1) is 0 Å². The lowest BCUT2D eigenvalue weighted by Crippen LogP contribution is -2.08. The number of hydrogen-bond acceptors (Lipinski definition) is 3. The van der Waals surface area contributed by atoms with E-state index in [0.717, 1.165) is 17.7 Å². The third-order valence-corrected chi connectivity index (χ3v) is 2.63. The minimum Gasteiger partial charge on any atom is -0.508 e. The first-order chi connectivity index (χ1) is 6.58. The van der Waals surface area contributed by atoms with E-state index < -0.39 is 6.10 Å². The summed E-state index contributed by atoms with van der Waals surface area (Å²) in [5.41, 5.74) is 2.75. The zero-order valence-corrected chi connectivity index (χ0v) is 8.41. The largest absolute Gasteiger partial charge is 0.508 e. The van der Waals surface area contributed by atoms with Crippen molar-refractivity contribution < 1.29 is 10.2 Å². The maximum atomic E-state index is 9.64. The van der Waals surface area contributed by atoms with E-state index in [9.17, 15) is 10.2 Å². The van der Waals surface area contributed by atoms with Gasteiger partial charge in [-0.1, -0.05) is 0 Å². The molecule has 0 fully saturated rings. The third-order valence-electron chi connectivity index (χ3n) is 2.63. The van der Waals surface area contributed by atoms with Gasteiger partial charge in [-0.2, -0.15) is 0 Å². The Hall–Kier alpha value is -1.22. The van der Waals surface area contributed by atoms with E-state index >= 15 is 0 Å². The number of aromatic hydroxyl groups is 1. The third kappa shape index (κ3) is 1.44. The van der Waals surface area contributed by atoms with Gasteiger partial charge in [-0.15, -0.1) is 0 Å². The van der Waals surface area contributed by atoms with Crippen molar-refractivity contribution in [3.05, 3.63) is 23.3 Å². The second kappa shape index (κ2) is 3.17. The molecule has 2 rings (SSSR count). The average molecular weight is 193 g/mol. The topological polar surface area (TPSA) is 52.5 Å². The number of rotatable bonds is 1. The van der Waals surface area contributed by atoms with Crippen LogP contribution in [0.3, 0.4) is 0 Å². The van der Waals surface area contributed by atoms with Crippen molar-refractivity contribution in [3.8, 4) is 5.75 Å². The molecule has 0 radical (unpaired) electrons. The van der Waals surface area contributed by atoms with Crippen LogP contribution in [0.5, 0.6) is 5.75 Å². The fourth-order valence-electron chi connectivity index (χ4n) is 1.93. The predicted molar refractivity (Wildman–Crippen MR) is 55.5 cm³/mol. The Labute approximate surface area is 83.4 Å². The van der Waals surface area contributed by atoms with E-state index in [4.69, 9.17) is 0 Å². The van der Waals surface area contributed by atoms with Crippen LogP contribution in [-0.2, 0) is 6.42 Å². The number of phenolic OH excluding ortho intramolecular Hbond substituents is 1. The van der Waals surface area contributed by atoms with Gasteiger partial charge in [0, 0.05) is 17.3 Å². The molecular formula is C11H15NO2. The van der Waals surface area contributed by atoms with Crippen molar-refractivity contribution in [2.75, 3.05) is 5.32 Å². The molecule has 1 heterocycles. The minimum atomic E-state index is -0.627. The van der Waals surface area contributed by atoms with Gasteiger partial charge in [0.05, 0.1) is 6.10 Å². The van der Waals surface area contributed by atoms with Crippen molar-refractivity contribution in [2.45, 2.75) is 32.4 Å². The highest BCUT2D eigenvalue weighted by molar-refractivity contribution is 5.61. The lowest BCUT2D eigenvalue weighted by Gasteiger charge is -2.10. The first kappa shape index (κ1) is 9.34. The molecule has 1 aliphatic rings. The standard InChI is InChI=1S/C11H15NO2/c1-6-3-8-4-11(14)9(7(2)13)5-10(8)12-6/h4-7,12-14H,3H2,1-2H3. The molecule has 14 heavy (non-hydrogen) atoms. The molecule has 0 saturated heterocycles. The van der Waals surface area contributed by atoms with Crippen LogP contribution in [0.4, 0.5) is 5.69 Å². The summed E-state index contributed by atoms with van der Waals surface area (Å²) < 4.78 is 0. The number of nitrogens with one attached hydrogen (secondary N) is 1.